The molecule has 0 aliphatic heterocycles. The van der Waals surface area contributed by atoms with Crippen LogP contribution in [0.3, 0.4) is 0 Å². The van der Waals surface area contributed by atoms with Crippen LogP contribution >= 0.6 is 0 Å². The second kappa shape index (κ2) is 6.29. The van der Waals surface area contributed by atoms with Crippen molar-refractivity contribution in [3.8, 4) is 0 Å². The van der Waals surface area contributed by atoms with Gasteiger partial charge in [-0.15, -0.1) is 0 Å². The van der Waals surface area contributed by atoms with Crippen molar-refractivity contribution >= 4 is 12.6 Å². The number of hydrogen-bond acceptors (Lipinski definition) is 3. The largest absolute Gasteiger partial charge is 0.488 e. The summed E-state index contributed by atoms with van der Waals surface area (Å²) in [5.41, 5.74) is 2.11. The molecule has 1 saturated carbocycles. The molecule has 0 atom stereocenters. The lowest BCUT2D eigenvalue weighted by molar-refractivity contribution is 0.123. The van der Waals surface area contributed by atoms with Gasteiger partial charge in [0.2, 0.25) is 0 Å². The monoisotopic (exact) mass is 275 g/mol. The summed E-state index contributed by atoms with van der Waals surface area (Å²) in [5, 5.41) is 18.9. The molecule has 20 heavy (non-hydrogen) atoms. The van der Waals surface area contributed by atoms with E-state index in [1.165, 1.54) is 25.7 Å². The molecule has 1 fully saturated rings. The van der Waals surface area contributed by atoms with Crippen LogP contribution < -0.4 is 5.46 Å². The van der Waals surface area contributed by atoms with Crippen molar-refractivity contribution in [3.63, 3.8) is 0 Å². The maximum absolute atomic E-state index is 9.43. The summed E-state index contributed by atoms with van der Waals surface area (Å²) in [6.07, 6.45) is 5.00. The molecular formula is C16H26BNO2. The minimum atomic E-state index is -1.38. The van der Waals surface area contributed by atoms with Crippen LogP contribution in [0.5, 0.6) is 0 Å². The third kappa shape index (κ3) is 3.84. The molecule has 0 radical (unpaired) electrons. The molecule has 2 rings (SSSR count). The van der Waals surface area contributed by atoms with E-state index in [0.29, 0.717) is 16.9 Å². The zero-order chi connectivity index (χ0) is 14.8. The lowest BCUT2D eigenvalue weighted by Crippen LogP contribution is -2.40. The van der Waals surface area contributed by atoms with E-state index in [-0.39, 0.29) is 0 Å². The summed E-state index contributed by atoms with van der Waals surface area (Å²) in [7, 11) is 0.758. The molecule has 0 spiro atoms. The third-order valence-corrected chi connectivity index (χ3v) is 4.69. The average Bonchev–Trinajstić information content (AvgIpc) is 2.38. The van der Waals surface area contributed by atoms with Gasteiger partial charge in [0.05, 0.1) is 0 Å². The normalized spacial score (nSPS) is 19.3. The first-order valence-corrected chi connectivity index (χ1v) is 7.53. The molecule has 1 aromatic rings. The molecule has 3 nitrogen and oxygen atoms in total. The van der Waals surface area contributed by atoms with Crippen molar-refractivity contribution in [2.75, 3.05) is 7.05 Å². The highest BCUT2D eigenvalue weighted by atomic mass is 16.4. The first kappa shape index (κ1) is 15.6. The lowest BCUT2D eigenvalue weighted by atomic mass is 9.74. The molecule has 2 N–H and O–H groups in total. The summed E-state index contributed by atoms with van der Waals surface area (Å²) in [5.74, 6) is 0. The summed E-state index contributed by atoms with van der Waals surface area (Å²) in [6, 6.07) is 8.18. The number of hydrogen-bond donors (Lipinski definition) is 2. The van der Waals surface area contributed by atoms with E-state index in [9.17, 15) is 10.0 Å². The van der Waals surface area contributed by atoms with E-state index < -0.39 is 7.12 Å². The van der Waals surface area contributed by atoms with Crippen molar-refractivity contribution in [1.29, 1.82) is 0 Å². The van der Waals surface area contributed by atoms with E-state index in [1.807, 2.05) is 18.2 Å². The van der Waals surface area contributed by atoms with Crippen LogP contribution in [0.25, 0.3) is 0 Å². The van der Waals surface area contributed by atoms with Crippen LogP contribution in [0.15, 0.2) is 24.3 Å². The molecule has 1 aliphatic carbocycles. The van der Waals surface area contributed by atoms with E-state index in [0.717, 1.165) is 12.1 Å². The van der Waals surface area contributed by atoms with Crippen molar-refractivity contribution in [1.82, 2.24) is 4.90 Å². The zero-order valence-corrected chi connectivity index (χ0v) is 12.8. The van der Waals surface area contributed by atoms with Crippen LogP contribution in [0.2, 0.25) is 0 Å². The molecular weight excluding hydrogens is 249 g/mol. The number of rotatable bonds is 4. The first-order valence-electron chi connectivity index (χ1n) is 7.53. The van der Waals surface area contributed by atoms with Crippen LogP contribution in [0, 0.1) is 5.41 Å². The lowest BCUT2D eigenvalue weighted by Gasteiger charge is -2.38. The molecule has 0 aromatic heterocycles. The van der Waals surface area contributed by atoms with E-state index in [2.05, 4.69) is 25.8 Å². The molecule has 0 heterocycles. The Kier molecular flexibility index (Phi) is 4.89. The minimum Gasteiger partial charge on any atom is -0.423 e. The summed E-state index contributed by atoms with van der Waals surface area (Å²) < 4.78 is 0. The van der Waals surface area contributed by atoms with Crippen LogP contribution in [-0.2, 0) is 6.54 Å². The van der Waals surface area contributed by atoms with Gasteiger partial charge in [-0.05, 0) is 49.2 Å². The minimum absolute atomic E-state index is 0.483. The summed E-state index contributed by atoms with van der Waals surface area (Å²) in [4.78, 5) is 2.36. The first-order chi connectivity index (χ1) is 9.39. The van der Waals surface area contributed by atoms with Crippen molar-refractivity contribution in [2.24, 2.45) is 5.41 Å². The van der Waals surface area contributed by atoms with E-state index >= 15 is 0 Å². The van der Waals surface area contributed by atoms with E-state index in [4.69, 9.17) is 0 Å². The summed E-state index contributed by atoms with van der Waals surface area (Å²) in [6.45, 7) is 5.47. The fourth-order valence-corrected chi connectivity index (χ4v) is 3.15. The van der Waals surface area contributed by atoms with Crippen LogP contribution in [-0.4, -0.2) is 35.2 Å². The molecule has 110 valence electrons. The average molecular weight is 275 g/mol. The van der Waals surface area contributed by atoms with Gasteiger partial charge >= 0.3 is 7.12 Å². The molecule has 1 aliphatic rings. The van der Waals surface area contributed by atoms with Gasteiger partial charge in [0.25, 0.3) is 0 Å². The molecule has 0 unspecified atom stereocenters. The Labute approximate surface area is 122 Å². The standard InChI is InChI=1S/C16H26BNO2/c1-16(2)10-8-14(9-11-16)18(3)12-13-6-4-5-7-15(13)17(19)20/h4-7,14,19-20H,8-12H2,1-3H3. The molecule has 1 aromatic carbocycles. The second-order valence-corrected chi connectivity index (χ2v) is 6.88. The van der Waals surface area contributed by atoms with Gasteiger partial charge in [-0.1, -0.05) is 38.1 Å². The Balaban J connectivity index is 2.00. The highest BCUT2D eigenvalue weighted by molar-refractivity contribution is 6.59. The van der Waals surface area contributed by atoms with Gasteiger partial charge in [0.15, 0.2) is 0 Å². The van der Waals surface area contributed by atoms with Gasteiger partial charge in [-0.25, -0.2) is 0 Å². The van der Waals surface area contributed by atoms with Crippen LogP contribution in [0.1, 0.15) is 45.1 Å². The van der Waals surface area contributed by atoms with E-state index in [1.54, 1.807) is 6.07 Å². The predicted octanol–water partition coefficient (Wildman–Crippen LogP) is 1.77. The Hall–Kier alpha value is -0.835. The van der Waals surface area contributed by atoms with Crippen molar-refractivity contribution < 1.29 is 10.0 Å². The maximum atomic E-state index is 9.43. The number of benzene rings is 1. The second-order valence-electron chi connectivity index (χ2n) is 6.88. The van der Waals surface area contributed by atoms with Gasteiger partial charge in [-0.2, -0.15) is 0 Å². The fourth-order valence-electron chi connectivity index (χ4n) is 3.15. The Morgan fingerprint density at radius 1 is 1.20 bits per heavy atom. The van der Waals surface area contributed by atoms with Gasteiger partial charge in [0.1, 0.15) is 0 Å². The highest BCUT2D eigenvalue weighted by Crippen LogP contribution is 2.36. The Morgan fingerprint density at radius 3 is 2.40 bits per heavy atom. The molecule has 4 heteroatoms. The quantitative estimate of drug-likeness (QED) is 0.823. The predicted molar refractivity (Wildman–Crippen MR) is 83.8 cm³/mol. The van der Waals surface area contributed by atoms with Crippen molar-refractivity contribution in [2.45, 2.75) is 52.1 Å². The molecule has 0 bridgehead atoms. The maximum Gasteiger partial charge on any atom is 0.488 e. The molecule has 0 amide bonds. The van der Waals surface area contributed by atoms with Gasteiger partial charge in [0, 0.05) is 12.6 Å². The van der Waals surface area contributed by atoms with Gasteiger partial charge < -0.3 is 10.0 Å². The van der Waals surface area contributed by atoms with Gasteiger partial charge in [-0.3, -0.25) is 4.90 Å². The SMILES string of the molecule is CN(Cc1ccccc1B(O)O)C1CCC(C)(C)CC1. The topological polar surface area (TPSA) is 43.7 Å². The van der Waals surface area contributed by atoms with Crippen LogP contribution in [0.4, 0.5) is 0 Å². The smallest absolute Gasteiger partial charge is 0.423 e. The Morgan fingerprint density at radius 2 is 1.80 bits per heavy atom. The highest BCUT2D eigenvalue weighted by Gasteiger charge is 2.29. The van der Waals surface area contributed by atoms with Crippen molar-refractivity contribution in [3.05, 3.63) is 29.8 Å². The zero-order valence-electron chi connectivity index (χ0n) is 12.8. The summed E-state index contributed by atoms with van der Waals surface area (Å²) >= 11 is 0. The Bertz CT molecular complexity index is 438. The third-order valence-electron chi connectivity index (χ3n) is 4.69. The fraction of sp³-hybridized carbons (Fsp3) is 0.625. The molecule has 0 saturated heterocycles. The number of nitrogens with zero attached hydrogens (tertiary/aromatic N) is 1.